The number of carbonyl (C=O) groups is 1. The van der Waals surface area contributed by atoms with E-state index < -0.39 is 9.84 Å². The highest BCUT2D eigenvalue weighted by Crippen LogP contribution is 2.28. The van der Waals surface area contributed by atoms with Crippen LogP contribution in [-0.2, 0) is 9.84 Å². The van der Waals surface area contributed by atoms with Crippen LogP contribution in [0, 0.1) is 5.92 Å². The monoisotopic (exact) mass is 338 g/mol. The Morgan fingerprint density at radius 3 is 2.70 bits per heavy atom. The van der Waals surface area contributed by atoms with Crippen LogP contribution in [0.2, 0.25) is 0 Å². The summed E-state index contributed by atoms with van der Waals surface area (Å²) in [6, 6.07) is 2.88. The number of rotatable bonds is 3. The average molecular weight is 338 g/mol. The van der Waals surface area contributed by atoms with Crippen molar-refractivity contribution in [1.82, 2.24) is 20.0 Å². The number of sulfone groups is 1. The molecule has 7 nitrogen and oxygen atoms in total. The highest BCUT2D eigenvalue weighted by Gasteiger charge is 2.48. The summed E-state index contributed by atoms with van der Waals surface area (Å²) in [6.45, 7) is 6.31. The Labute approximate surface area is 136 Å². The fourth-order valence-electron chi connectivity index (χ4n) is 3.54. The summed E-state index contributed by atoms with van der Waals surface area (Å²) in [5.41, 5.74) is 0.271. The van der Waals surface area contributed by atoms with Crippen molar-refractivity contribution in [3.63, 3.8) is 0 Å². The summed E-state index contributed by atoms with van der Waals surface area (Å²) < 4.78 is 24.3. The minimum Gasteiger partial charge on any atom is -0.330 e. The summed E-state index contributed by atoms with van der Waals surface area (Å²) in [5, 5.41) is 7.61. The molecule has 2 fully saturated rings. The number of amides is 1. The second kappa shape index (κ2) is 6.16. The first-order chi connectivity index (χ1) is 10.9. The Morgan fingerprint density at radius 1 is 1.30 bits per heavy atom. The van der Waals surface area contributed by atoms with Crippen LogP contribution in [0.1, 0.15) is 24.3 Å². The summed E-state index contributed by atoms with van der Waals surface area (Å²) >= 11 is 0. The molecule has 1 amide bonds. The van der Waals surface area contributed by atoms with Crippen LogP contribution < -0.4 is 0 Å². The molecule has 1 aromatic rings. The first-order valence-corrected chi connectivity index (χ1v) is 9.72. The Hall–Kier alpha value is -1.54. The molecule has 3 heterocycles. The van der Waals surface area contributed by atoms with Gasteiger partial charge < -0.3 is 4.90 Å². The minimum atomic E-state index is -3.12. The molecule has 2 aliphatic heterocycles. The van der Waals surface area contributed by atoms with E-state index in [9.17, 15) is 13.2 Å². The van der Waals surface area contributed by atoms with E-state index in [0.29, 0.717) is 19.0 Å². The van der Waals surface area contributed by atoms with Gasteiger partial charge in [0.25, 0.3) is 5.91 Å². The number of piperazine rings is 1. The third kappa shape index (κ3) is 3.37. The highest BCUT2D eigenvalue weighted by atomic mass is 32.2. The van der Waals surface area contributed by atoms with Gasteiger partial charge in [0.2, 0.25) is 0 Å². The molecule has 0 aliphatic carbocycles. The Balaban J connectivity index is 1.85. The van der Waals surface area contributed by atoms with Crippen LogP contribution in [0.4, 0.5) is 0 Å². The number of fused-ring (bicyclic) bond motifs is 1. The van der Waals surface area contributed by atoms with Crippen molar-refractivity contribution in [3.8, 4) is 0 Å². The fourth-order valence-corrected chi connectivity index (χ4v) is 5.55. The average Bonchev–Trinajstić information content (AvgIpc) is 2.83. The number of aromatic nitrogens is 2. The SMILES string of the molecule is CC(C)CN1CCN(C(=O)c2cccnn2)[C@H]2CS(=O)(=O)C[C@H]21. The highest BCUT2D eigenvalue weighted by molar-refractivity contribution is 7.91. The van der Waals surface area contributed by atoms with Crippen molar-refractivity contribution >= 4 is 15.7 Å². The van der Waals surface area contributed by atoms with Crippen molar-refractivity contribution in [1.29, 1.82) is 0 Å². The van der Waals surface area contributed by atoms with E-state index >= 15 is 0 Å². The Bertz CT molecular complexity index is 677. The maximum Gasteiger partial charge on any atom is 0.274 e. The first-order valence-electron chi connectivity index (χ1n) is 7.90. The van der Waals surface area contributed by atoms with E-state index in [1.165, 1.54) is 6.20 Å². The second-order valence-electron chi connectivity index (χ2n) is 6.71. The van der Waals surface area contributed by atoms with Gasteiger partial charge in [-0.05, 0) is 18.1 Å². The number of hydrogen-bond acceptors (Lipinski definition) is 6. The lowest BCUT2D eigenvalue weighted by Gasteiger charge is -2.44. The van der Waals surface area contributed by atoms with E-state index in [4.69, 9.17) is 0 Å². The lowest BCUT2D eigenvalue weighted by molar-refractivity contribution is 0.0291. The van der Waals surface area contributed by atoms with Gasteiger partial charge in [-0.15, -0.1) is 5.10 Å². The predicted molar refractivity (Wildman–Crippen MR) is 85.7 cm³/mol. The van der Waals surface area contributed by atoms with Crippen LogP contribution >= 0.6 is 0 Å². The molecular weight excluding hydrogens is 316 g/mol. The molecule has 2 saturated heterocycles. The zero-order valence-electron chi connectivity index (χ0n) is 13.4. The normalized spacial score (nSPS) is 27.2. The number of nitrogens with zero attached hydrogens (tertiary/aromatic N) is 4. The number of carbonyl (C=O) groups excluding carboxylic acids is 1. The standard InChI is InChI=1S/C15H22N4O3S/c1-11(2)8-18-6-7-19(14-10-23(21,22)9-13(14)18)15(20)12-4-3-5-16-17-12/h3-5,11,13-14H,6-10H2,1-2H3/t13-,14+/m1/s1. The predicted octanol–water partition coefficient (Wildman–Crippen LogP) is 0.0560. The number of hydrogen-bond donors (Lipinski definition) is 0. The molecule has 3 rings (SSSR count). The summed E-state index contributed by atoms with van der Waals surface area (Å²) in [5.74, 6) is 0.406. The van der Waals surface area contributed by atoms with Gasteiger partial charge in [-0.2, -0.15) is 5.10 Å². The molecule has 0 unspecified atom stereocenters. The van der Waals surface area contributed by atoms with Crippen LogP contribution in [0.25, 0.3) is 0 Å². The molecule has 2 aliphatic rings. The van der Waals surface area contributed by atoms with E-state index in [1.807, 2.05) is 0 Å². The summed E-state index contributed by atoms with van der Waals surface area (Å²) in [4.78, 5) is 16.6. The van der Waals surface area contributed by atoms with Crippen molar-refractivity contribution in [2.75, 3.05) is 31.1 Å². The Kier molecular flexibility index (Phi) is 4.37. The van der Waals surface area contributed by atoms with E-state index in [1.54, 1.807) is 17.0 Å². The fraction of sp³-hybridized carbons (Fsp3) is 0.667. The molecule has 0 saturated carbocycles. The molecule has 1 aromatic heterocycles. The van der Waals surface area contributed by atoms with Gasteiger partial charge in [0.1, 0.15) is 0 Å². The molecule has 0 aromatic carbocycles. The van der Waals surface area contributed by atoms with Gasteiger partial charge in [-0.25, -0.2) is 8.42 Å². The molecule has 2 atom stereocenters. The van der Waals surface area contributed by atoms with E-state index in [0.717, 1.165) is 6.54 Å². The largest absolute Gasteiger partial charge is 0.330 e. The van der Waals surface area contributed by atoms with Crippen LogP contribution in [-0.4, -0.2) is 77.5 Å². The lowest BCUT2D eigenvalue weighted by Crippen LogP contribution is -2.61. The molecule has 0 bridgehead atoms. The van der Waals surface area contributed by atoms with Gasteiger partial charge in [-0.1, -0.05) is 13.8 Å². The van der Waals surface area contributed by atoms with Crippen molar-refractivity contribution < 1.29 is 13.2 Å². The topological polar surface area (TPSA) is 83.5 Å². The minimum absolute atomic E-state index is 0.0399. The van der Waals surface area contributed by atoms with Crippen LogP contribution in [0.15, 0.2) is 18.3 Å². The van der Waals surface area contributed by atoms with E-state index in [2.05, 4.69) is 28.9 Å². The molecule has 8 heteroatoms. The van der Waals surface area contributed by atoms with Gasteiger partial charge in [0.15, 0.2) is 15.5 Å². The molecule has 0 radical (unpaired) electrons. The van der Waals surface area contributed by atoms with Crippen molar-refractivity contribution in [2.45, 2.75) is 25.9 Å². The van der Waals surface area contributed by atoms with Crippen molar-refractivity contribution in [3.05, 3.63) is 24.0 Å². The quantitative estimate of drug-likeness (QED) is 0.775. The molecule has 0 spiro atoms. The third-order valence-electron chi connectivity index (χ3n) is 4.44. The maximum atomic E-state index is 12.7. The van der Waals surface area contributed by atoms with Crippen LogP contribution in [0.5, 0.6) is 0 Å². The maximum absolute atomic E-state index is 12.7. The van der Waals surface area contributed by atoms with Gasteiger partial charge in [0.05, 0.1) is 17.5 Å². The van der Waals surface area contributed by atoms with Crippen molar-refractivity contribution in [2.24, 2.45) is 5.92 Å². The molecule has 126 valence electrons. The van der Waals surface area contributed by atoms with Gasteiger partial charge >= 0.3 is 0 Å². The van der Waals surface area contributed by atoms with Crippen LogP contribution in [0.3, 0.4) is 0 Å². The Morgan fingerprint density at radius 2 is 2.04 bits per heavy atom. The van der Waals surface area contributed by atoms with Gasteiger partial charge in [0, 0.05) is 31.9 Å². The van der Waals surface area contributed by atoms with E-state index in [-0.39, 0.29) is 35.2 Å². The smallest absolute Gasteiger partial charge is 0.274 e. The molecule has 23 heavy (non-hydrogen) atoms. The first kappa shape index (κ1) is 16.3. The zero-order chi connectivity index (χ0) is 16.6. The zero-order valence-corrected chi connectivity index (χ0v) is 14.2. The second-order valence-corrected chi connectivity index (χ2v) is 8.86. The molecule has 0 N–H and O–H groups in total. The molecular formula is C15H22N4O3S. The van der Waals surface area contributed by atoms with Gasteiger partial charge in [-0.3, -0.25) is 9.69 Å². The summed E-state index contributed by atoms with van der Waals surface area (Å²) in [7, 11) is -3.12. The lowest BCUT2D eigenvalue weighted by atomic mass is 10.0. The summed E-state index contributed by atoms with van der Waals surface area (Å²) in [6.07, 6.45) is 1.51. The third-order valence-corrected chi connectivity index (χ3v) is 6.14.